The molecule has 1 aliphatic rings. The molecule has 1 saturated heterocycles. The first-order valence-electron chi connectivity index (χ1n) is 16.8. The number of hydrogen-bond acceptors (Lipinski definition) is 6. The fraction of sp³-hybridized carbons (Fsp3) is 0.286. The lowest BCUT2D eigenvalue weighted by molar-refractivity contribution is -0.371. The molecule has 6 nitrogen and oxygen atoms in total. The van der Waals surface area contributed by atoms with E-state index < -0.39 is 30.2 Å². The van der Waals surface area contributed by atoms with E-state index in [4.69, 9.17) is 35.3 Å². The zero-order chi connectivity index (χ0) is 34.1. The van der Waals surface area contributed by atoms with E-state index in [0.717, 1.165) is 33.6 Å². The molecule has 0 saturated carbocycles. The van der Waals surface area contributed by atoms with Crippen LogP contribution in [0.4, 0.5) is 0 Å². The summed E-state index contributed by atoms with van der Waals surface area (Å²) in [6.45, 7) is 5.35. The van der Waals surface area contributed by atoms with Gasteiger partial charge < -0.3 is 28.8 Å². The van der Waals surface area contributed by atoms with Crippen LogP contribution in [0.25, 0.3) is 0 Å². The van der Waals surface area contributed by atoms with Crippen LogP contribution in [0.15, 0.2) is 133 Å². The van der Waals surface area contributed by atoms with Crippen molar-refractivity contribution in [2.45, 2.75) is 70.3 Å². The largest absolute Gasteiger partial charge is 0.494 e. The summed E-state index contributed by atoms with van der Waals surface area (Å²) < 4.78 is 32.2. The molecule has 1 heterocycles. The summed E-state index contributed by atoms with van der Waals surface area (Å²) >= 11 is 6.76. The van der Waals surface area contributed by atoms with Gasteiger partial charge in [-0.1, -0.05) is 121 Å². The standard InChI is InChI=1S/C42H43ClO6/c1-3-45-37-22-19-31(20-23-37)25-35-26-36(21-24-38(35)43)42(44)41(48-29-34-17-11-6-12-18-34)40(47-28-33-15-9-5-10-16-33)39(30(2)49-42)46-27-32-13-7-4-8-14-32/h4-24,26,30,39-41,44H,3,25,27-29H2,1-2H3/t30-,39-,40+,41-,42+/m1/s1. The molecule has 0 aromatic heterocycles. The fourth-order valence-electron chi connectivity index (χ4n) is 6.25. The van der Waals surface area contributed by atoms with Crippen LogP contribution in [-0.2, 0) is 51.0 Å². The number of hydrogen-bond donors (Lipinski definition) is 1. The first-order valence-corrected chi connectivity index (χ1v) is 17.2. The second-order valence-corrected chi connectivity index (χ2v) is 12.7. The molecule has 1 N–H and O–H groups in total. The van der Waals surface area contributed by atoms with Crippen LogP contribution >= 0.6 is 11.6 Å². The van der Waals surface area contributed by atoms with E-state index in [1.165, 1.54) is 0 Å². The molecule has 6 rings (SSSR count). The quantitative estimate of drug-likeness (QED) is 0.127. The molecule has 49 heavy (non-hydrogen) atoms. The molecule has 0 spiro atoms. The first kappa shape index (κ1) is 34.8. The maximum Gasteiger partial charge on any atom is 0.222 e. The number of ether oxygens (including phenoxy) is 5. The second-order valence-electron chi connectivity index (χ2n) is 12.3. The molecule has 5 aromatic rings. The number of benzene rings is 5. The predicted molar refractivity (Wildman–Crippen MR) is 191 cm³/mol. The Hall–Kier alpha value is -4.01. The van der Waals surface area contributed by atoms with Crippen molar-refractivity contribution in [3.05, 3.63) is 172 Å². The van der Waals surface area contributed by atoms with Gasteiger partial charge in [-0.3, -0.25) is 0 Å². The van der Waals surface area contributed by atoms with Crippen molar-refractivity contribution in [1.29, 1.82) is 0 Å². The minimum Gasteiger partial charge on any atom is -0.494 e. The minimum atomic E-state index is -1.89. The zero-order valence-corrected chi connectivity index (χ0v) is 28.7. The van der Waals surface area contributed by atoms with Crippen molar-refractivity contribution in [2.75, 3.05) is 6.61 Å². The Morgan fingerprint density at radius 1 is 0.653 bits per heavy atom. The molecule has 1 aliphatic heterocycles. The van der Waals surface area contributed by atoms with Crippen molar-refractivity contribution in [3.8, 4) is 5.75 Å². The van der Waals surface area contributed by atoms with Crippen LogP contribution in [0.3, 0.4) is 0 Å². The van der Waals surface area contributed by atoms with E-state index in [-0.39, 0.29) is 6.61 Å². The smallest absolute Gasteiger partial charge is 0.222 e. The topological polar surface area (TPSA) is 66.4 Å². The average Bonchev–Trinajstić information content (AvgIpc) is 3.13. The van der Waals surface area contributed by atoms with Gasteiger partial charge in [-0.2, -0.15) is 0 Å². The van der Waals surface area contributed by atoms with E-state index in [9.17, 15) is 5.11 Å². The lowest BCUT2D eigenvalue weighted by Crippen LogP contribution is -2.64. The first-order chi connectivity index (χ1) is 23.9. The summed E-state index contributed by atoms with van der Waals surface area (Å²) in [5.41, 5.74) is 5.41. The molecule has 254 valence electrons. The predicted octanol–water partition coefficient (Wildman–Crippen LogP) is 8.65. The maximum atomic E-state index is 12.8. The number of aliphatic hydroxyl groups is 1. The Kier molecular flexibility index (Phi) is 11.8. The zero-order valence-electron chi connectivity index (χ0n) is 27.9. The van der Waals surface area contributed by atoms with Crippen molar-refractivity contribution in [2.24, 2.45) is 0 Å². The third-order valence-electron chi connectivity index (χ3n) is 8.77. The number of rotatable bonds is 14. The minimum absolute atomic E-state index is 0.231. The van der Waals surface area contributed by atoms with Crippen molar-refractivity contribution < 1.29 is 28.8 Å². The van der Waals surface area contributed by atoms with E-state index in [2.05, 4.69) is 0 Å². The molecule has 5 atom stereocenters. The molecule has 7 heteroatoms. The van der Waals surface area contributed by atoms with Crippen LogP contribution in [0, 0.1) is 0 Å². The Balaban J connectivity index is 1.35. The van der Waals surface area contributed by atoms with E-state index in [1.54, 1.807) is 12.1 Å². The summed E-state index contributed by atoms with van der Waals surface area (Å²) in [4.78, 5) is 0. The Morgan fingerprint density at radius 2 is 1.18 bits per heavy atom. The van der Waals surface area contributed by atoms with Crippen LogP contribution in [0.1, 0.15) is 47.2 Å². The third kappa shape index (κ3) is 8.78. The number of halogens is 1. The Labute approximate surface area is 294 Å². The molecular weight excluding hydrogens is 636 g/mol. The lowest BCUT2D eigenvalue weighted by atomic mass is 9.86. The van der Waals surface area contributed by atoms with E-state index in [0.29, 0.717) is 36.8 Å². The van der Waals surface area contributed by atoms with Gasteiger partial charge in [-0.05, 0) is 72.4 Å². The van der Waals surface area contributed by atoms with Gasteiger partial charge >= 0.3 is 0 Å². The van der Waals surface area contributed by atoms with Gasteiger partial charge in [0.15, 0.2) is 0 Å². The SMILES string of the molecule is CCOc1ccc(Cc2cc([C@]3(O)O[C@H](C)[C@@H](OCc4ccccc4)[C@H](OCc4ccccc4)[C@H]3OCc3ccccc3)ccc2Cl)cc1. The summed E-state index contributed by atoms with van der Waals surface area (Å²) in [5, 5.41) is 13.3. The highest BCUT2D eigenvalue weighted by molar-refractivity contribution is 6.31. The van der Waals surface area contributed by atoms with Crippen molar-refractivity contribution >= 4 is 11.6 Å². The normalized spacial score (nSPS) is 22.1. The maximum absolute atomic E-state index is 12.8. The molecular formula is C42H43ClO6. The highest BCUT2D eigenvalue weighted by atomic mass is 35.5. The van der Waals surface area contributed by atoms with E-state index >= 15 is 0 Å². The van der Waals surface area contributed by atoms with Crippen LogP contribution in [0.2, 0.25) is 5.02 Å². The summed E-state index contributed by atoms with van der Waals surface area (Å²) in [6, 6.07) is 43.3. The molecule has 5 aromatic carbocycles. The van der Waals surface area contributed by atoms with Crippen LogP contribution in [-0.4, -0.2) is 36.1 Å². The third-order valence-corrected chi connectivity index (χ3v) is 9.14. The van der Waals surface area contributed by atoms with E-state index in [1.807, 2.05) is 135 Å². The molecule has 0 unspecified atom stereocenters. The summed E-state index contributed by atoms with van der Waals surface area (Å²) in [6.07, 6.45) is -2.23. The molecule has 1 fully saturated rings. The molecule has 0 bridgehead atoms. The Bertz CT molecular complexity index is 1730. The van der Waals surface area contributed by atoms with Gasteiger partial charge in [0.2, 0.25) is 5.79 Å². The van der Waals surface area contributed by atoms with Crippen molar-refractivity contribution in [1.82, 2.24) is 0 Å². The average molecular weight is 679 g/mol. The summed E-state index contributed by atoms with van der Waals surface area (Å²) in [7, 11) is 0. The molecule has 0 radical (unpaired) electrons. The monoisotopic (exact) mass is 678 g/mol. The molecule has 0 aliphatic carbocycles. The van der Waals surface area contributed by atoms with Gasteiger partial charge in [0.25, 0.3) is 0 Å². The van der Waals surface area contributed by atoms with Gasteiger partial charge in [0.1, 0.15) is 24.1 Å². The van der Waals surface area contributed by atoms with Gasteiger partial charge in [-0.15, -0.1) is 0 Å². The van der Waals surface area contributed by atoms with Crippen molar-refractivity contribution in [3.63, 3.8) is 0 Å². The van der Waals surface area contributed by atoms with Gasteiger partial charge in [0.05, 0.1) is 32.5 Å². The summed E-state index contributed by atoms with van der Waals surface area (Å²) in [5.74, 6) is -1.07. The van der Waals surface area contributed by atoms with Crippen LogP contribution < -0.4 is 4.74 Å². The van der Waals surface area contributed by atoms with Gasteiger partial charge in [0, 0.05) is 10.6 Å². The fourth-order valence-corrected chi connectivity index (χ4v) is 6.43. The highest BCUT2D eigenvalue weighted by Crippen LogP contribution is 2.42. The highest BCUT2D eigenvalue weighted by Gasteiger charge is 2.56. The molecule has 0 amide bonds. The lowest BCUT2D eigenvalue weighted by Gasteiger charge is -2.50. The second kappa shape index (κ2) is 16.6. The van der Waals surface area contributed by atoms with Gasteiger partial charge in [-0.25, -0.2) is 0 Å². The van der Waals surface area contributed by atoms with Crippen LogP contribution in [0.5, 0.6) is 5.75 Å². The Morgan fingerprint density at radius 3 is 1.73 bits per heavy atom.